The maximum absolute atomic E-state index is 11.3. The Hall–Kier alpha value is -1.35. The third kappa shape index (κ3) is 2.56. The van der Waals surface area contributed by atoms with E-state index >= 15 is 0 Å². The molecule has 0 aromatic carbocycles. The Morgan fingerprint density at radius 3 is 2.94 bits per heavy atom. The van der Waals surface area contributed by atoms with E-state index in [-0.39, 0.29) is 5.69 Å². The predicted octanol–water partition coefficient (Wildman–Crippen LogP) is 1.24. The molecule has 2 aromatic heterocycles. The van der Waals surface area contributed by atoms with Crippen molar-refractivity contribution >= 4 is 33.5 Å². The van der Waals surface area contributed by atoms with Crippen molar-refractivity contribution in [3.63, 3.8) is 0 Å². The van der Waals surface area contributed by atoms with Crippen LogP contribution in [0.4, 0.5) is 5.82 Å². The fourth-order valence-corrected chi connectivity index (χ4v) is 2.58. The largest absolute Gasteiger partial charge is 0.369 e. The molecule has 0 amide bonds. The molecule has 96 valence electrons. The van der Waals surface area contributed by atoms with Crippen LogP contribution in [0, 0.1) is 0 Å². The van der Waals surface area contributed by atoms with Crippen molar-refractivity contribution in [2.75, 3.05) is 11.9 Å². The summed E-state index contributed by atoms with van der Waals surface area (Å²) in [4.78, 5) is 19.5. The van der Waals surface area contributed by atoms with Gasteiger partial charge in [-0.15, -0.1) is 5.10 Å². The number of rotatable bonds is 4. The minimum Gasteiger partial charge on any atom is -0.369 e. The van der Waals surface area contributed by atoms with Crippen LogP contribution >= 0.6 is 27.7 Å². The quantitative estimate of drug-likeness (QED) is 0.820. The van der Waals surface area contributed by atoms with Crippen LogP contribution in [0.1, 0.15) is 6.92 Å². The second kappa shape index (κ2) is 5.53. The Bertz CT molecular complexity index is 609. The molecule has 9 heteroatoms. The number of halogens is 1. The molecular formula is C9H11BrN6OS. The minimum atomic E-state index is -0.255. The molecule has 2 rings (SSSR count). The van der Waals surface area contributed by atoms with Gasteiger partial charge in [-0.1, -0.05) is 0 Å². The zero-order chi connectivity index (χ0) is 13.1. The van der Waals surface area contributed by atoms with Gasteiger partial charge in [0.2, 0.25) is 0 Å². The van der Waals surface area contributed by atoms with Gasteiger partial charge in [-0.25, -0.2) is 19.9 Å². The molecule has 0 aliphatic carbocycles. The normalized spacial score (nSPS) is 10.6. The predicted molar refractivity (Wildman–Crippen MR) is 71.8 cm³/mol. The topological polar surface area (TPSA) is 88.5 Å². The molecule has 0 fully saturated rings. The van der Waals surface area contributed by atoms with Crippen molar-refractivity contribution in [1.82, 2.24) is 24.7 Å². The lowest BCUT2D eigenvalue weighted by atomic mass is 10.5. The Balaban J connectivity index is 2.32. The van der Waals surface area contributed by atoms with Crippen molar-refractivity contribution in [2.45, 2.75) is 17.1 Å². The monoisotopic (exact) mass is 330 g/mol. The molecule has 7 nitrogen and oxygen atoms in total. The molecule has 0 bridgehead atoms. The highest BCUT2D eigenvalue weighted by atomic mass is 79.9. The third-order valence-electron chi connectivity index (χ3n) is 2.13. The first-order valence-corrected chi connectivity index (χ1v) is 6.78. The maximum Gasteiger partial charge on any atom is 0.343 e. The van der Waals surface area contributed by atoms with Gasteiger partial charge in [-0.3, -0.25) is 4.57 Å². The number of aromatic amines is 1. The average Bonchev–Trinajstić information content (AvgIpc) is 2.66. The van der Waals surface area contributed by atoms with E-state index in [1.807, 2.05) is 6.92 Å². The van der Waals surface area contributed by atoms with E-state index in [2.05, 4.69) is 41.4 Å². The molecular weight excluding hydrogens is 320 g/mol. The van der Waals surface area contributed by atoms with Crippen molar-refractivity contribution in [3.05, 3.63) is 21.3 Å². The molecule has 2 heterocycles. The Morgan fingerprint density at radius 2 is 2.33 bits per heavy atom. The molecule has 0 saturated carbocycles. The SMILES string of the molecule is CCNc1ncnc(Sc2n[nH]c(=O)n2C)c1Br. The van der Waals surface area contributed by atoms with Gasteiger partial charge in [0.15, 0.2) is 5.16 Å². The summed E-state index contributed by atoms with van der Waals surface area (Å²) < 4.78 is 2.18. The lowest BCUT2D eigenvalue weighted by molar-refractivity contribution is 0.764. The van der Waals surface area contributed by atoms with Crippen LogP contribution in [0.5, 0.6) is 0 Å². The van der Waals surface area contributed by atoms with E-state index in [0.29, 0.717) is 10.2 Å². The van der Waals surface area contributed by atoms with Gasteiger partial charge in [0, 0.05) is 13.6 Å². The van der Waals surface area contributed by atoms with Gasteiger partial charge in [0.05, 0.1) is 4.47 Å². The second-order valence-corrected chi connectivity index (χ2v) is 5.09. The molecule has 0 saturated heterocycles. The molecule has 0 atom stereocenters. The number of hydrogen-bond donors (Lipinski definition) is 2. The van der Waals surface area contributed by atoms with Gasteiger partial charge in [0.25, 0.3) is 0 Å². The Labute approximate surface area is 116 Å². The number of H-pyrrole nitrogens is 1. The van der Waals surface area contributed by atoms with E-state index in [1.54, 1.807) is 7.05 Å². The van der Waals surface area contributed by atoms with Crippen LogP contribution < -0.4 is 11.0 Å². The summed E-state index contributed by atoms with van der Waals surface area (Å²) in [5.41, 5.74) is -0.255. The summed E-state index contributed by atoms with van der Waals surface area (Å²) in [7, 11) is 1.65. The van der Waals surface area contributed by atoms with E-state index in [9.17, 15) is 4.79 Å². The molecule has 18 heavy (non-hydrogen) atoms. The first-order chi connectivity index (χ1) is 8.63. The summed E-state index contributed by atoms with van der Waals surface area (Å²) in [6.45, 7) is 2.75. The molecule has 2 N–H and O–H groups in total. The smallest absolute Gasteiger partial charge is 0.343 e. The van der Waals surface area contributed by atoms with E-state index in [1.165, 1.54) is 22.7 Å². The van der Waals surface area contributed by atoms with Gasteiger partial charge in [-0.2, -0.15) is 0 Å². The van der Waals surface area contributed by atoms with Crippen LogP contribution in [-0.2, 0) is 7.05 Å². The summed E-state index contributed by atoms with van der Waals surface area (Å²) in [5, 5.41) is 10.6. The van der Waals surface area contributed by atoms with Crippen molar-refractivity contribution < 1.29 is 0 Å². The zero-order valence-electron chi connectivity index (χ0n) is 9.77. The van der Waals surface area contributed by atoms with Crippen LogP contribution in [-0.4, -0.2) is 31.3 Å². The summed E-state index contributed by atoms with van der Waals surface area (Å²) in [5.74, 6) is 0.718. The fourth-order valence-electron chi connectivity index (χ4n) is 1.23. The van der Waals surface area contributed by atoms with E-state index in [0.717, 1.165) is 16.8 Å². The van der Waals surface area contributed by atoms with Gasteiger partial charge >= 0.3 is 5.69 Å². The second-order valence-electron chi connectivity index (χ2n) is 3.34. The van der Waals surface area contributed by atoms with Crippen molar-refractivity contribution in [2.24, 2.45) is 7.05 Å². The van der Waals surface area contributed by atoms with E-state index in [4.69, 9.17) is 0 Å². The summed E-state index contributed by atoms with van der Waals surface area (Å²) in [6, 6.07) is 0. The summed E-state index contributed by atoms with van der Waals surface area (Å²) >= 11 is 4.72. The highest BCUT2D eigenvalue weighted by Crippen LogP contribution is 2.33. The van der Waals surface area contributed by atoms with Crippen LogP contribution in [0.25, 0.3) is 0 Å². The number of nitrogens with one attached hydrogen (secondary N) is 2. The number of aromatic nitrogens is 5. The van der Waals surface area contributed by atoms with Gasteiger partial charge < -0.3 is 5.32 Å². The first kappa shape index (κ1) is 13.1. The van der Waals surface area contributed by atoms with E-state index < -0.39 is 0 Å². The Kier molecular flexibility index (Phi) is 4.02. The zero-order valence-corrected chi connectivity index (χ0v) is 12.2. The van der Waals surface area contributed by atoms with Gasteiger partial charge in [-0.05, 0) is 34.6 Å². The average molecular weight is 331 g/mol. The van der Waals surface area contributed by atoms with Crippen molar-refractivity contribution in [1.29, 1.82) is 0 Å². The number of nitrogens with zero attached hydrogens (tertiary/aromatic N) is 4. The van der Waals surface area contributed by atoms with Crippen LogP contribution in [0.2, 0.25) is 0 Å². The minimum absolute atomic E-state index is 0.255. The molecule has 2 aromatic rings. The highest BCUT2D eigenvalue weighted by Gasteiger charge is 2.13. The molecule has 0 radical (unpaired) electrons. The van der Waals surface area contributed by atoms with Crippen LogP contribution in [0.3, 0.4) is 0 Å². The number of hydrogen-bond acceptors (Lipinski definition) is 6. The molecule has 0 aliphatic rings. The number of anilines is 1. The molecule has 0 unspecified atom stereocenters. The standard InChI is InChI=1S/C9H11BrN6OS/c1-3-11-6-5(10)7(13-4-12-6)18-9-15-14-8(17)16(9)2/h4H,3H2,1-2H3,(H,14,17)(H,11,12,13). The maximum atomic E-state index is 11.3. The van der Waals surface area contributed by atoms with Crippen molar-refractivity contribution in [3.8, 4) is 0 Å². The van der Waals surface area contributed by atoms with Crippen LogP contribution in [0.15, 0.2) is 25.8 Å². The lowest BCUT2D eigenvalue weighted by Crippen LogP contribution is -2.12. The lowest BCUT2D eigenvalue weighted by Gasteiger charge is -2.07. The Morgan fingerprint density at radius 1 is 1.56 bits per heavy atom. The molecule has 0 spiro atoms. The molecule has 0 aliphatic heterocycles. The third-order valence-corrected chi connectivity index (χ3v) is 4.19. The van der Waals surface area contributed by atoms with Gasteiger partial charge in [0.1, 0.15) is 17.2 Å². The highest BCUT2D eigenvalue weighted by molar-refractivity contribution is 9.10. The first-order valence-electron chi connectivity index (χ1n) is 5.17. The summed E-state index contributed by atoms with van der Waals surface area (Å²) in [6.07, 6.45) is 1.47. The fraction of sp³-hybridized carbons (Fsp3) is 0.333.